The van der Waals surface area contributed by atoms with Gasteiger partial charge in [-0.05, 0) is 84.5 Å². The molecule has 2 heterocycles. The van der Waals surface area contributed by atoms with Gasteiger partial charge in [-0.1, -0.05) is 87.0 Å². The molecule has 2 aliphatic heterocycles. The fourth-order valence-corrected chi connectivity index (χ4v) is 9.21. The third kappa shape index (κ3) is 12.0. The average Bonchev–Trinajstić information content (AvgIpc) is 3.64. The first kappa shape index (κ1) is 51.0. The van der Waals surface area contributed by atoms with Crippen molar-refractivity contribution in [1.29, 1.82) is 0 Å². The molecule has 13 nitrogen and oxygen atoms in total. The molecule has 0 unspecified atom stereocenters. The molecule has 7 N–H and O–H groups in total. The van der Waals surface area contributed by atoms with Crippen LogP contribution in [0.5, 0.6) is 11.5 Å². The minimum atomic E-state index is -3.21. The summed E-state index contributed by atoms with van der Waals surface area (Å²) in [5.74, 6) is -10.2. The molecule has 4 aromatic rings. The first-order valence-electron chi connectivity index (χ1n) is 22.7. The highest BCUT2D eigenvalue weighted by atomic mass is 35.5. The number of fused-ring (bicyclic) bond motifs is 5. The Kier molecular flexibility index (Phi) is 16.2. The predicted molar refractivity (Wildman–Crippen MR) is 255 cm³/mol. The molecule has 16 heteroatoms. The number of rotatable bonds is 15. The van der Waals surface area contributed by atoms with Gasteiger partial charge in [-0.3, -0.25) is 28.8 Å². The van der Waals surface area contributed by atoms with Gasteiger partial charge >= 0.3 is 0 Å². The molecule has 360 valence electrons. The van der Waals surface area contributed by atoms with Crippen LogP contribution in [0, 0.1) is 17.8 Å². The largest absolute Gasteiger partial charge is 0.507 e. The van der Waals surface area contributed by atoms with Crippen molar-refractivity contribution in [2.75, 3.05) is 20.1 Å². The van der Waals surface area contributed by atoms with Crippen LogP contribution in [0.1, 0.15) is 86.3 Å². The molecular formula is C52H58ClF2N5O8. The second kappa shape index (κ2) is 21.7. The van der Waals surface area contributed by atoms with Crippen LogP contribution in [0.25, 0.3) is 22.3 Å². The van der Waals surface area contributed by atoms with E-state index in [9.17, 15) is 47.8 Å². The monoisotopic (exact) mass is 953 g/mol. The van der Waals surface area contributed by atoms with Crippen LogP contribution in [-0.4, -0.2) is 93.2 Å². The number of hydrogen-bond donors (Lipinski definition) is 5. The summed E-state index contributed by atoms with van der Waals surface area (Å²) < 4.78 is 28.9. The van der Waals surface area contributed by atoms with Crippen molar-refractivity contribution in [1.82, 2.24) is 15.1 Å². The van der Waals surface area contributed by atoms with Crippen LogP contribution >= 0.6 is 11.6 Å². The number of ketones is 3. The van der Waals surface area contributed by atoms with Crippen LogP contribution in [0.3, 0.4) is 0 Å². The van der Waals surface area contributed by atoms with Crippen molar-refractivity contribution in [3.63, 3.8) is 0 Å². The van der Waals surface area contributed by atoms with E-state index < -0.39 is 96.9 Å². The SMILES string of the molecule is C=C(N)[C@@H]1CC(F)(F)CN1C(=O)[C@H](C)CC(=O)[C@@H]1Cc2ccc(O)c(c2)-c2cc(ccc2O)[C@H](N(C)C(=O)[C@H](CCCCN)CC(=O)c2ccc(-c3ccc(Cl)cc3)cc2)C(=O)C[C@@H](C)C(=O)N1. The highest BCUT2D eigenvalue weighted by molar-refractivity contribution is 6.30. The average molecular weight is 955 g/mol. The molecule has 0 radical (unpaired) electrons. The number of nitrogens with two attached hydrogens (primary N) is 2. The number of Topliss-reactive ketones (excluding diaryl/α,β-unsaturated/α-hetero) is 3. The minimum Gasteiger partial charge on any atom is -0.507 e. The second-order valence-electron chi connectivity index (χ2n) is 18.2. The highest BCUT2D eigenvalue weighted by Crippen LogP contribution is 2.40. The number of alkyl halides is 2. The zero-order chi connectivity index (χ0) is 49.6. The van der Waals surface area contributed by atoms with E-state index in [0.717, 1.165) is 16.0 Å². The van der Waals surface area contributed by atoms with Crippen LogP contribution in [0.15, 0.2) is 97.2 Å². The third-order valence-electron chi connectivity index (χ3n) is 12.9. The lowest BCUT2D eigenvalue weighted by atomic mass is 9.87. The smallest absolute Gasteiger partial charge is 0.267 e. The summed E-state index contributed by atoms with van der Waals surface area (Å²) in [6.07, 6.45) is -0.504. The van der Waals surface area contributed by atoms with Crippen molar-refractivity contribution >= 4 is 46.7 Å². The standard InChI is InChI=1S/C52H58ClF2N5O8/c1-29-21-47(65)48(59(4)51(68)37(7-5-6-20-56)26-45(63)35-11-9-33(10-12-35)34-13-16-38(53)17-14-34)36-15-19-44(62)40(25-36)39-23-32(8-18-43(39)61)24-41(58-49(29)66)46(64)22-30(2)50(67)60-28-52(54,55)27-42(60)31(3)57/h8-19,23,25,29-30,37,41-42,48,61-62H,3,5-7,20-22,24,26-28,56-57H2,1-2,4H3,(H,58,66)/t29-,30-,37-,41+,42+,48+/m1/s1. The molecule has 6 atom stereocenters. The van der Waals surface area contributed by atoms with E-state index in [1.165, 1.54) is 62.2 Å². The molecule has 68 heavy (non-hydrogen) atoms. The Labute approximate surface area is 399 Å². The van der Waals surface area contributed by atoms with Crippen molar-refractivity contribution in [3.05, 3.63) is 119 Å². The van der Waals surface area contributed by atoms with Crippen molar-refractivity contribution in [2.45, 2.75) is 89.3 Å². The Balaban J connectivity index is 1.29. The first-order valence-corrected chi connectivity index (χ1v) is 23.0. The van der Waals surface area contributed by atoms with E-state index in [-0.39, 0.29) is 58.9 Å². The summed E-state index contributed by atoms with van der Waals surface area (Å²) in [6.45, 7) is 5.94. The Morgan fingerprint density at radius 1 is 0.912 bits per heavy atom. The number of benzene rings is 4. The molecule has 0 aromatic heterocycles. The van der Waals surface area contributed by atoms with Gasteiger partial charge in [0.15, 0.2) is 17.3 Å². The summed E-state index contributed by atoms with van der Waals surface area (Å²) in [6, 6.07) is 19.2. The number of phenols is 2. The summed E-state index contributed by atoms with van der Waals surface area (Å²) in [5, 5.41) is 25.7. The maximum absolute atomic E-state index is 14.7. The number of likely N-dealkylation sites (N-methyl/N-ethyl adjacent to an activating group) is 1. The lowest BCUT2D eigenvalue weighted by Gasteiger charge is -2.32. The lowest BCUT2D eigenvalue weighted by Crippen LogP contribution is -2.47. The van der Waals surface area contributed by atoms with E-state index in [1.807, 2.05) is 24.3 Å². The number of likely N-dealkylation sites (tertiary alicyclic amines) is 1. The number of amides is 3. The van der Waals surface area contributed by atoms with Crippen molar-refractivity contribution < 1.29 is 47.8 Å². The van der Waals surface area contributed by atoms with E-state index >= 15 is 0 Å². The molecule has 1 fully saturated rings. The fourth-order valence-electron chi connectivity index (χ4n) is 9.08. The topological polar surface area (TPSA) is 213 Å². The maximum Gasteiger partial charge on any atom is 0.267 e. The highest BCUT2D eigenvalue weighted by Gasteiger charge is 2.48. The summed E-state index contributed by atoms with van der Waals surface area (Å²) >= 11 is 6.06. The van der Waals surface area contributed by atoms with Crippen LogP contribution in [0.2, 0.25) is 5.02 Å². The molecule has 4 bridgehead atoms. The van der Waals surface area contributed by atoms with Gasteiger partial charge in [0, 0.05) is 77.9 Å². The van der Waals surface area contributed by atoms with Gasteiger partial charge in [-0.25, -0.2) is 8.78 Å². The van der Waals surface area contributed by atoms with E-state index in [4.69, 9.17) is 23.1 Å². The molecular weight excluding hydrogens is 896 g/mol. The fraction of sp³-hybridized carbons (Fsp3) is 0.385. The minimum absolute atomic E-state index is 0.104. The van der Waals surface area contributed by atoms with Gasteiger partial charge in [-0.15, -0.1) is 0 Å². The molecule has 0 saturated carbocycles. The van der Waals surface area contributed by atoms with Crippen LogP contribution in [-0.2, 0) is 30.4 Å². The van der Waals surface area contributed by atoms with Crippen molar-refractivity contribution in [3.8, 4) is 33.8 Å². The van der Waals surface area contributed by atoms with E-state index in [0.29, 0.717) is 35.5 Å². The lowest BCUT2D eigenvalue weighted by molar-refractivity contribution is -0.142. The number of phenolic OH excluding ortho intramolecular Hbond substituents is 2. The quantitative estimate of drug-likeness (QED) is 0.0583. The van der Waals surface area contributed by atoms with E-state index in [1.54, 1.807) is 24.3 Å². The molecule has 6 rings (SSSR count). The molecule has 1 saturated heterocycles. The third-order valence-corrected chi connectivity index (χ3v) is 13.2. The van der Waals surface area contributed by atoms with Gasteiger partial charge in [0.25, 0.3) is 5.92 Å². The van der Waals surface area contributed by atoms with Crippen molar-refractivity contribution in [2.24, 2.45) is 29.2 Å². The van der Waals surface area contributed by atoms with Gasteiger partial charge in [0.1, 0.15) is 17.5 Å². The van der Waals surface area contributed by atoms with Gasteiger partial charge in [0.2, 0.25) is 17.7 Å². The number of nitrogens with zero attached hydrogens (tertiary/aromatic N) is 2. The number of unbranched alkanes of at least 4 members (excludes halogenated alkanes) is 1. The molecule has 2 aliphatic rings. The van der Waals surface area contributed by atoms with Crippen LogP contribution < -0.4 is 16.8 Å². The number of halogens is 3. The Morgan fingerprint density at radius 2 is 1.53 bits per heavy atom. The Bertz CT molecular complexity index is 2570. The number of nitrogens with one attached hydrogen (secondary N) is 1. The zero-order valence-corrected chi connectivity index (χ0v) is 39.1. The Hall–Kier alpha value is -6.45. The van der Waals surface area contributed by atoms with E-state index in [2.05, 4.69) is 11.9 Å². The van der Waals surface area contributed by atoms with Gasteiger partial charge < -0.3 is 36.8 Å². The number of carbonyl (C=O) groups excluding carboxylic acids is 6. The Morgan fingerprint density at radius 3 is 2.16 bits per heavy atom. The van der Waals surface area contributed by atoms with Gasteiger partial charge in [0.05, 0.1) is 18.6 Å². The number of hydrogen-bond acceptors (Lipinski definition) is 10. The summed E-state index contributed by atoms with van der Waals surface area (Å²) in [5.41, 5.74) is 14.6. The molecule has 0 spiro atoms. The summed E-state index contributed by atoms with van der Waals surface area (Å²) in [7, 11) is 1.44. The first-order chi connectivity index (χ1) is 32.2. The molecule has 0 aliphatic carbocycles. The van der Waals surface area contributed by atoms with Crippen LogP contribution in [0.4, 0.5) is 8.78 Å². The van der Waals surface area contributed by atoms with Gasteiger partial charge in [-0.2, -0.15) is 0 Å². The molecule has 4 aromatic carbocycles. The second-order valence-corrected chi connectivity index (χ2v) is 18.6. The zero-order valence-electron chi connectivity index (χ0n) is 38.4. The number of aromatic hydroxyl groups is 2. The summed E-state index contributed by atoms with van der Waals surface area (Å²) in [4.78, 5) is 87.0. The number of carbonyl (C=O) groups is 6. The predicted octanol–water partition coefficient (Wildman–Crippen LogP) is 7.54. The normalized spacial score (nSPS) is 20.1. The maximum atomic E-state index is 14.7. The molecule has 3 amide bonds.